The highest BCUT2D eigenvalue weighted by Gasteiger charge is 2.52. The molecular formula is C18H21F2N3O4. The fourth-order valence-electron chi connectivity index (χ4n) is 3.48. The molecule has 2 aliphatic rings. The van der Waals surface area contributed by atoms with Crippen LogP contribution in [-0.2, 0) is 9.59 Å². The van der Waals surface area contributed by atoms with Crippen molar-refractivity contribution in [3.63, 3.8) is 0 Å². The van der Waals surface area contributed by atoms with E-state index in [1.165, 1.54) is 24.3 Å². The molecule has 1 heterocycles. The molecule has 1 aliphatic heterocycles. The Hall–Kier alpha value is -2.71. The van der Waals surface area contributed by atoms with Crippen LogP contribution in [0.4, 0.5) is 19.3 Å². The van der Waals surface area contributed by atoms with Crippen molar-refractivity contribution in [2.45, 2.75) is 44.8 Å². The zero-order chi connectivity index (χ0) is 19.6. The summed E-state index contributed by atoms with van der Waals surface area (Å²) in [6, 6.07) is 4.80. The lowest BCUT2D eigenvalue weighted by Crippen LogP contribution is -2.49. The molecule has 0 unspecified atom stereocenters. The molecule has 0 radical (unpaired) electrons. The van der Waals surface area contributed by atoms with E-state index in [2.05, 4.69) is 22.3 Å². The zero-order valence-corrected chi connectivity index (χ0v) is 14.8. The number of anilines is 1. The van der Waals surface area contributed by atoms with Crippen molar-refractivity contribution in [1.29, 1.82) is 0 Å². The van der Waals surface area contributed by atoms with Crippen LogP contribution >= 0.6 is 0 Å². The molecule has 1 spiro atoms. The SMILES string of the molecule is CC1CCC2(CC1)NC(=O)N(CC(=O)Nc1ccc(OC(F)F)cc1)C2=O. The van der Waals surface area contributed by atoms with Crippen LogP contribution in [0.3, 0.4) is 0 Å². The quantitative estimate of drug-likeness (QED) is 0.768. The molecule has 9 heteroatoms. The van der Waals surface area contributed by atoms with Crippen LogP contribution < -0.4 is 15.4 Å². The van der Waals surface area contributed by atoms with Gasteiger partial charge in [-0.15, -0.1) is 0 Å². The molecule has 1 aromatic carbocycles. The summed E-state index contributed by atoms with van der Waals surface area (Å²) in [6.45, 7) is -1.23. The van der Waals surface area contributed by atoms with Gasteiger partial charge < -0.3 is 15.4 Å². The molecule has 0 atom stereocenters. The van der Waals surface area contributed by atoms with Crippen molar-refractivity contribution >= 4 is 23.5 Å². The van der Waals surface area contributed by atoms with Crippen LogP contribution in [0.2, 0.25) is 0 Å². The Morgan fingerprint density at radius 1 is 1.30 bits per heavy atom. The minimum atomic E-state index is -2.93. The van der Waals surface area contributed by atoms with Gasteiger partial charge in [-0.3, -0.25) is 14.5 Å². The van der Waals surface area contributed by atoms with E-state index >= 15 is 0 Å². The predicted molar refractivity (Wildman–Crippen MR) is 92.3 cm³/mol. The lowest BCUT2D eigenvalue weighted by atomic mass is 9.77. The number of imide groups is 1. The van der Waals surface area contributed by atoms with Gasteiger partial charge in [-0.2, -0.15) is 8.78 Å². The maximum absolute atomic E-state index is 12.7. The number of benzene rings is 1. The monoisotopic (exact) mass is 381 g/mol. The number of amides is 4. The number of nitrogens with one attached hydrogen (secondary N) is 2. The number of alkyl halides is 2. The van der Waals surface area contributed by atoms with Crippen LogP contribution in [0.1, 0.15) is 32.6 Å². The van der Waals surface area contributed by atoms with Crippen LogP contribution in [0.25, 0.3) is 0 Å². The normalized spacial score (nSPS) is 25.0. The van der Waals surface area contributed by atoms with Gasteiger partial charge in [0.25, 0.3) is 5.91 Å². The summed E-state index contributed by atoms with van der Waals surface area (Å²) < 4.78 is 28.5. The first-order valence-electron chi connectivity index (χ1n) is 8.78. The fraction of sp³-hybridized carbons (Fsp3) is 0.500. The number of ether oxygens (including phenoxy) is 1. The molecule has 146 valence electrons. The molecule has 0 aromatic heterocycles. The van der Waals surface area contributed by atoms with E-state index < -0.39 is 30.6 Å². The van der Waals surface area contributed by atoms with E-state index in [0.717, 1.165) is 17.7 Å². The summed E-state index contributed by atoms with van der Waals surface area (Å²) in [4.78, 5) is 38.1. The van der Waals surface area contributed by atoms with Crippen LogP contribution in [0.5, 0.6) is 5.75 Å². The third kappa shape index (κ3) is 4.17. The highest BCUT2D eigenvalue weighted by atomic mass is 19.3. The van der Waals surface area contributed by atoms with Crippen molar-refractivity contribution < 1.29 is 27.9 Å². The molecule has 4 amide bonds. The molecule has 1 saturated heterocycles. The predicted octanol–water partition coefficient (Wildman–Crippen LogP) is 2.73. The van der Waals surface area contributed by atoms with Gasteiger partial charge in [0.15, 0.2) is 0 Å². The van der Waals surface area contributed by atoms with Gasteiger partial charge in [-0.25, -0.2) is 4.79 Å². The average Bonchev–Trinajstić information content (AvgIpc) is 2.83. The standard InChI is InChI=1S/C18H21F2N3O4/c1-11-6-8-18(9-7-11)15(25)23(17(26)22-18)10-14(24)21-12-2-4-13(5-3-12)27-16(19)20/h2-5,11,16H,6-10H2,1H3,(H,21,24)(H,22,26). The Morgan fingerprint density at radius 2 is 1.93 bits per heavy atom. The highest BCUT2D eigenvalue weighted by Crippen LogP contribution is 2.36. The molecule has 1 saturated carbocycles. The first-order chi connectivity index (χ1) is 12.8. The van der Waals surface area contributed by atoms with Gasteiger partial charge in [-0.1, -0.05) is 6.92 Å². The van der Waals surface area contributed by atoms with Gasteiger partial charge >= 0.3 is 12.6 Å². The van der Waals surface area contributed by atoms with Crippen LogP contribution in [-0.4, -0.2) is 41.4 Å². The number of hydrogen-bond donors (Lipinski definition) is 2. The van der Waals surface area contributed by atoms with E-state index in [-0.39, 0.29) is 11.7 Å². The fourth-order valence-corrected chi connectivity index (χ4v) is 3.48. The summed E-state index contributed by atoms with van der Waals surface area (Å²) in [5.41, 5.74) is -0.548. The van der Waals surface area contributed by atoms with E-state index in [1.807, 2.05) is 0 Å². The van der Waals surface area contributed by atoms with Crippen LogP contribution in [0, 0.1) is 5.92 Å². The van der Waals surface area contributed by atoms with Crippen molar-refractivity contribution in [3.05, 3.63) is 24.3 Å². The number of halogens is 2. The molecule has 7 nitrogen and oxygen atoms in total. The maximum Gasteiger partial charge on any atom is 0.387 e. The van der Waals surface area contributed by atoms with E-state index in [9.17, 15) is 23.2 Å². The van der Waals surface area contributed by atoms with Crippen LogP contribution in [0.15, 0.2) is 24.3 Å². The molecule has 1 aromatic rings. The second-order valence-corrected chi connectivity index (χ2v) is 7.04. The van der Waals surface area contributed by atoms with Gasteiger partial charge in [0.2, 0.25) is 5.91 Å². The Balaban J connectivity index is 1.59. The Kier molecular flexibility index (Phi) is 5.29. The minimum Gasteiger partial charge on any atom is -0.435 e. The van der Waals surface area contributed by atoms with Crippen molar-refractivity contribution in [3.8, 4) is 5.75 Å². The summed E-state index contributed by atoms with van der Waals surface area (Å²) in [5.74, 6) is -0.447. The summed E-state index contributed by atoms with van der Waals surface area (Å²) in [6.07, 6.45) is 2.84. The molecule has 2 fully saturated rings. The topological polar surface area (TPSA) is 87.7 Å². The number of urea groups is 1. The third-order valence-corrected chi connectivity index (χ3v) is 5.04. The summed E-state index contributed by atoms with van der Waals surface area (Å²) in [7, 11) is 0. The summed E-state index contributed by atoms with van der Waals surface area (Å²) >= 11 is 0. The Morgan fingerprint density at radius 3 is 2.52 bits per heavy atom. The number of carbonyl (C=O) groups is 3. The number of hydrogen-bond acceptors (Lipinski definition) is 4. The lowest BCUT2D eigenvalue weighted by molar-refractivity contribution is -0.135. The third-order valence-electron chi connectivity index (χ3n) is 5.04. The Bertz CT molecular complexity index is 731. The number of carbonyl (C=O) groups excluding carboxylic acids is 3. The van der Waals surface area contributed by atoms with E-state index in [0.29, 0.717) is 24.4 Å². The van der Waals surface area contributed by atoms with Gasteiger partial charge in [0.05, 0.1) is 0 Å². The van der Waals surface area contributed by atoms with Gasteiger partial charge in [-0.05, 0) is 55.9 Å². The second-order valence-electron chi connectivity index (χ2n) is 7.04. The van der Waals surface area contributed by atoms with Gasteiger partial charge in [0.1, 0.15) is 17.8 Å². The van der Waals surface area contributed by atoms with E-state index in [1.54, 1.807) is 0 Å². The smallest absolute Gasteiger partial charge is 0.387 e. The molecular weight excluding hydrogens is 360 g/mol. The molecule has 27 heavy (non-hydrogen) atoms. The first kappa shape index (κ1) is 19.1. The minimum absolute atomic E-state index is 0.0365. The van der Waals surface area contributed by atoms with Crippen molar-refractivity contribution in [1.82, 2.24) is 10.2 Å². The largest absolute Gasteiger partial charge is 0.435 e. The van der Waals surface area contributed by atoms with E-state index in [4.69, 9.17) is 0 Å². The second kappa shape index (κ2) is 7.50. The zero-order valence-electron chi connectivity index (χ0n) is 14.8. The lowest BCUT2D eigenvalue weighted by Gasteiger charge is -2.33. The number of rotatable bonds is 5. The number of nitrogens with zero attached hydrogens (tertiary/aromatic N) is 1. The molecule has 2 N–H and O–H groups in total. The molecule has 3 rings (SSSR count). The van der Waals surface area contributed by atoms with Gasteiger partial charge in [0, 0.05) is 5.69 Å². The summed E-state index contributed by atoms with van der Waals surface area (Å²) in [5, 5.41) is 5.29. The molecule has 1 aliphatic carbocycles. The molecule has 0 bridgehead atoms. The maximum atomic E-state index is 12.7. The van der Waals surface area contributed by atoms with Crippen molar-refractivity contribution in [2.24, 2.45) is 5.92 Å². The van der Waals surface area contributed by atoms with Crippen molar-refractivity contribution in [2.75, 3.05) is 11.9 Å². The first-order valence-corrected chi connectivity index (χ1v) is 8.78. The highest BCUT2D eigenvalue weighted by molar-refractivity contribution is 6.10. The Labute approximate surface area is 155 Å². The average molecular weight is 381 g/mol.